The molecule has 0 fully saturated rings. The fraction of sp³-hybridized carbons (Fsp3) is 0.160. The second-order valence-corrected chi connectivity index (χ2v) is 9.27. The van der Waals surface area contributed by atoms with Crippen LogP contribution in [0.4, 0.5) is 17.1 Å². The van der Waals surface area contributed by atoms with Crippen LogP contribution in [-0.2, 0) is 14.8 Å². The number of carbonyl (C=O) groups excluding carboxylic acids is 1. The van der Waals surface area contributed by atoms with Gasteiger partial charge in [-0.05, 0) is 68.4 Å². The molecule has 0 atom stereocenters. The first kappa shape index (κ1) is 26.2. The van der Waals surface area contributed by atoms with Crippen molar-refractivity contribution in [3.05, 3.63) is 83.7 Å². The van der Waals surface area contributed by atoms with Crippen molar-refractivity contribution in [3.63, 3.8) is 0 Å². The van der Waals surface area contributed by atoms with Crippen LogP contribution in [0.5, 0.6) is 11.5 Å². The van der Waals surface area contributed by atoms with Gasteiger partial charge in [-0.25, -0.2) is 8.42 Å². The number of hydrogen-bond acceptors (Lipinski definition) is 8. The molecule has 0 spiro atoms. The maximum Gasteiger partial charge on any atom is 0.279 e. The highest BCUT2D eigenvalue weighted by Gasteiger charge is 2.21. The Morgan fingerprint density at radius 2 is 1.56 bits per heavy atom. The fourth-order valence-electron chi connectivity index (χ4n) is 3.02. The van der Waals surface area contributed by atoms with Crippen LogP contribution in [0.25, 0.3) is 0 Å². The number of benzene rings is 3. The lowest BCUT2D eigenvalue weighted by Gasteiger charge is -2.12. The first-order valence-corrected chi connectivity index (χ1v) is 12.2. The van der Waals surface area contributed by atoms with Crippen LogP contribution >= 0.6 is 0 Å². The molecule has 0 aliphatic carbocycles. The zero-order valence-electron chi connectivity index (χ0n) is 20.1. The van der Waals surface area contributed by atoms with Crippen LogP contribution in [0.2, 0.25) is 0 Å². The first-order valence-electron chi connectivity index (χ1n) is 10.7. The van der Waals surface area contributed by atoms with Crippen LogP contribution < -0.4 is 19.5 Å². The summed E-state index contributed by atoms with van der Waals surface area (Å²) in [7, 11) is -1.22. The Morgan fingerprint density at radius 3 is 2.14 bits per heavy atom. The average Bonchev–Trinajstić information content (AvgIpc) is 2.85. The Bertz CT molecular complexity index is 1400. The number of aliphatic hydroxyl groups is 1. The monoisotopic (exact) mass is 510 g/mol. The number of amides is 1. The van der Waals surface area contributed by atoms with E-state index in [1.807, 2.05) is 19.1 Å². The van der Waals surface area contributed by atoms with Gasteiger partial charge in [0.2, 0.25) is 0 Å². The largest absolute Gasteiger partial charge is 0.510 e. The summed E-state index contributed by atoms with van der Waals surface area (Å²) in [4.78, 5) is 12.4. The maximum atomic E-state index is 13.1. The zero-order chi connectivity index (χ0) is 26.3. The topological polar surface area (TPSA) is 139 Å². The number of anilines is 2. The molecular weight excluding hydrogens is 484 g/mol. The van der Waals surface area contributed by atoms with Crippen LogP contribution in [0, 0.1) is 6.92 Å². The highest BCUT2D eigenvalue weighted by atomic mass is 32.2. The normalized spacial score (nSPS) is 12.1. The Kier molecular flexibility index (Phi) is 8.28. The second kappa shape index (κ2) is 11.4. The SMILES string of the molecule is COc1ccc(NS(=O)(=O)c2cc(N=N/C(C(=O)Nc3ccc(C)cc3)=C(/C)O)ccc2OC)cc1. The molecule has 3 N–H and O–H groups in total. The van der Waals surface area contributed by atoms with Crippen molar-refractivity contribution in [3.8, 4) is 11.5 Å². The lowest BCUT2D eigenvalue weighted by molar-refractivity contribution is -0.113. The lowest BCUT2D eigenvalue weighted by atomic mass is 10.2. The molecular formula is C25H26N4O6S. The van der Waals surface area contributed by atoms with Gasteiger partial charge in [-0.1, -0.05) is 17.7 Å². The van der Waals surface area contributed by atoms with Gasteiger partial charge in [0.05, 0.1) is 19.9 Å². The van der Waals surface area contributed by atoms with Gasteiger partial charge in [-0.15, -0.1) is 5.11 Å². The number of allylic oxidation sites excluding steroid dienone is 1. The molecule has 0 radical (unpaired) electrons. The summed E-state index contributed by atoms with van der Waals surface area (Å²) in [6.45, 7) is 3.21. The minimum atomic E-state index is -4.07. The Hall–Kier alpha value is -4.38. The van der Waals surface area contributed by atoms with Crippen LogP contribution in [0.3, 0.4) is 0 Å². The van der Waals surface area contributed by atoms with Crippen LogP contribution in [-0.4, -0.2) is 33.7 Å². The third kappa shape index (κ3) is 6.60. The highest BCUT2D eigenvalue weighted by Crippen LogP contribution is 2.31. The Labute approximate surface area is 209 Å². The van der Waals surface area contributed by atoms with E-state index >= 15 is 0 Å². The van der Waals surface area contributed by atoms with E-state index in [0.717, 1.165) is 5.56 Å². The Balaban J connectivity index is 1.86. The number of hydrogen-bond donors (Lipinski definition) is 3. The summed E-state index contributed by atoms with van der Waals surface area (Å²) in [6.07, 6.45) is 0. The minimum absolute atomic E-state index is 0.0844. The predicted octanol–water partition coefficient (Wildman–Crippen LogP) is 5.32. The van der Waals surface area contributed by atoms with Crippen molar-refractivity contribution < 1.29 is 27.8 Å². The number of nitrogens with one attached hydrogen (secondary N) is 2. The minimum Gasteiger partial charge on any atom is -0.510 e. The van der Waals surface area contributed by atoms with Crippen molar-refractivity contribution in [1.82, 2.24) is 0 Å². The second-order valence-electron chi connectivity index (χ2n) is 7.62. The molecule has 3 aromatic rings. The van der Waals surface area contributed by atoms with Crippen LogP contribution in [0.15, 0.2) is 93.3 Å². The van der Waals surface area contributed by atoms with Crippen LogP contribution in [0.1, 0.15) is 12.5 Å². The summed E-state index contributed by atoms with van der Waals surface area (Å²) < 4.78 is 38.9. The summed E-state index contributed by atoms with van der Waals surface area (Å²) >= 11 is 0. The molecule has 188 valence electrons. The van der Waals surface area contributed by atoms with E-state index in [0.29, 0.717) is 17.1 Å². The average molecular weight is 511 g/mol. The Morgan fingerprint density at radius 1 is 0.917 bits per heavy atom. The molecule has 3 aromatic carbocycles. The highest BCUT2D eigenvalue weighted by molar-refractivity contribution is 7.92. The first-order chi connectivity index (χ1) is 17.1. The number of sulfonamides is 1. The number of ether oxygens (including phenoxy) is 2. The summed E-state index contributed by atoms with van der Waals surface area (Å²) in [5.74, 6) is -0.371. The predicted molar refractivity (Wildman–Crippen MR) is 136 cm³/mol. The maximum absolute atomic E-state index is 13.1. The van der Waals surface area contributed by atoms with E-state index in [1.54, 1.807) is 36.4 Å². The van der Waals surface area contributed by atoms with E-state index in [-0.39, 0.29) is 27.8 Å². The van der Waals surface area contributed by atoms with Gasteiger partial charge in [-0.2, -0.15) is 5.11 Å². The van der Waals surface area contributed by atoms with Gasteiger partial charge >= 0.3 is 0 Å². The molecule has 0 aromatic heterocycles. The van der Waals surface area contributed by atoms with Gasteiger partial charge in [-0.3, -0.25) is 9.52 Å². The molecule has 0 bridgehead atoms. The zero-order valence-corrected chi connectivity index (χ0v) is 21.0. The van der Waals surface area contributed by atoms with E-state index in [2.05, 4.69) is 20.3 Å². The number of nitrogens with zero attached hydrogens (tertiary/aromatic N) is 2. The molecule has 10 nitrogen and oxygen atoms in total. The van der Waals surface area contributed by atoms with E-state index in [4.69, 9.17) is 9.47 Å². The van der Waals surface area contributed by atoms with E-state index in [9.17, 15) is 18.3 Å². The van der Waals surface area contributed by atoms with Crippen molar-refractivity contribution >= 4 is 33.0 Å². The number of carbonyl (C=O) groups is 1. The fourth-order valence-corrected chi connectivity index (χ4v) is 4.27. The number of rotatable bonds is 9. The molecule has 0 heterocycles. The third-order valence-corrected chi connectivity index (χ3v) is 6.31. The number of azo groups is 1. The summed E-state index contributed by atoms with van der Waals surface area (Å²) in [5.41, 5.74) is 1.65. The van der Waals surface area contributed by atoms with Crippen molar-refractivity contribution in [2.45, 2.75) is 18.7 Å². The smallest absolute Gasteiger partial charge is 0.279 e. The molecule has 0 saturated carbocycles. The molecule has 0 unspecified atom stereocenters. The van der Waals surface area contributed by atoms with Gasteiger partial charge in [0.15, 0.2) is 5.70 Å². The number of aliphatic hydroxyl groups excluding tert-OH is 1. The molecule has 0 aliphatic heterocycles. The van der Waals surface area contributed by atoms with E-state index in [1.165, 1.54) is 39.3 Å². The standard InChI is InChI=1S/C25H26N4O6S/c1-16-5-7-18(8-6-16)26-25(31)24(17(2)30)28-27-20-11-14-22(35-4)23(15-20)36(32,33)29-19-9-12-21(34-3)13-10-19/h5-15,29-30H,1-4H3,(H,26,31)/b24-17-,28-27?. The summed E-state index contributed by atoms with van der Waals surface area (Å²) in [6, 6.07) is 17.6. The van der Waals surface area contributed by atoms with E-state index < -0.39 is 15.9 Å². The molecule has 3 rings (SSSR count). The summed E-state index contributed by atoms with van der Waals surface area (Å²) in [5, 5.41) is 20.4. The van der Waals surface area contributed by atoms with Gasteiger partial charge in [0.1, 0.15) is 22.2 Å². The molecule has 11 heteroatoms. The van der Waals surface area contributed by atoms with Gasteiger partial charge < -0.3 is 19.9 Å². The third-order valence-electron chi connectivity index (χ3n) is 4.91. The quantitative estimate of drug-likeness (QED) is 0.202. The molecule has 0 saturated heterocycles. The van der Waals surface area contributed by atoms with Crippen molar-refractivity contribution in [2.24, 2.45) is 10.2 Å². The number of aryl methyl sites for hydroxylation is 1. The number of methoxy groups -OCH3 is 2. The van der Waals surface area contributed by atoms with Crippen molar-refractivity contribution in [1.29, 1.82) is 0 Å². The van der Waals surface area contributed by atoms with Gasteiger partial charge in [0.25, 0.3) is 15.9 Å². The molecule has 0 aliphatic rings. The van der Waals surface area contributed by atoms with Crippen molar-refractivity contribution in [2.75, 3.05) is 24.3 Å². The molecule has 36 heavy (non-hydrogen) atoms. The van der Waals surface area contributed by atoms with Gasteiger partial charge in [0, 0.05) is 11.4 Å². The lowest BCUT2D eigenvalue weighted by Crippen LogP contribution is -2.14. The molecule has 1 amide bonds.